The number of hydrazine groups is 1. The van der Waals surface area contributed by atoms with Gasteiger partial charge < -0.3 is 25.4 Å². The number of likely N-dealkylation sites (tertiary alicyclic amines) is 1. The average molecular weight is 588 g/mol. The number of carbonyl (C=O) groups is 5. The summed E-state index contributed by atoms with van der Waals surface area (Å²) in [5.41, 5.74) is 2.88. The topological polar surface area (TPSA) is 157 Å². The van der Waals surface area contributed by atoms with Crippen LogP contribution in [0.2, 0.25) is 0 Å². The molecule has 1 aromatic carbocycles. The summed E-state index contributed by atoms with van der Waals surface area (Å²) in [7, 11) is 0. The maximum atomic E-state index is 13.6. The number of carboxylic acids is 1. The molecule has 0 saturated carbocycles. The van der Waals surface area contributed by atoms with Crippen LogP contribution in [0.5, 0.6) is 5.75 Å². The number of benzene rings is 1. The van der Waals surface area contributed by atoms with Gasteiger partial charge in [-0.1, -0.05) is 13.8 Å². The molecule has 0 spiro atoms. The molecule has 12 heteroatoms. The van der Waals surface area contributed by atoms with Crippen molar-refractivity contribution in [1.82, 2.24) is 26.0 Å². The van der Waals surface area contributed by atoms with Crippen molar-refractivity contribution in [1.29, 1.82) is 0 Å². The van der Waals surface area contributed by atoms with Crippen molar-refractivity contribution >= 4 is 29.6 Å². The molecule has 0 radical (unpaired) electrons. The minimum Gasteiger partial charge on any atom is -0.484 e. The fourth-order valence-corrected chi connectivity index (χ4v) is 5.11. The van der Waals surface area contributed by atoms with E-state index in [1.807, 2.05) is 13.8 Å². The van der Waals surface area contributed by atoms with Gasteiger partial charge in [-0.15, -0.1) is 0 Å². The minimum atomic E-state index is -1.07. The van der Waals surface area contributed by atoms with Crippen LogP contribution in [0, 0.1) is 17.8 Å². The van der Waals surface area contributed by atoms with Crippen LogP contribution >= 0.6 is 0 Å². The number of aliphatic carboxylic acids is 1. The predicted octanol–water partition coefficient (Wildman–Crippen LogP) is 1.80. The molecule has 2 fully saturated rings. The molecule has 1 atom stereocenters. The molecule has 0 aromatic heterocycles. The summed E-state index contributed by atoms with van der Waals surface area (Å²) >= 11 is 0. The zero-order valence-electron chi connectivity index (χ0n) is 24.7. The number of hydrogen-bond donors (Lipinski definition) is 4. The van der Waals surface area contributed by atoms with Crippen molar-refractivity contribution in [2.24, 2.45) is 17.8 Å². The van der Waals surface area contributed by atoms with E-state index in [-0.39, 0.29) is 43.5 Å². The number of amides is 4. The second-order valence-corrected chi connectivity index (χ2v) is 11.5. The van der Waals surface area contributed by atoms with Crippen LogP contribution in [0.1, 0.15) is 69.2 Å². The number of ether oxygens (including phenoxy) is 1. The summed E-state index contributed by atoms with van der Waals surface area (Å²) in [5.74, 6) is -1.79. The standard InChI is InChI=1S/C30H45N5O7/c1-21(2)18-32-26(36)20-42-25-8-6-23(7-9-25)29(40)35(33-16-13-28(38)39)30(41)24-4-3-17-34(19-24)27(37)10-5-22-11-14-31-15-12-22/h6-9,21-22,24,31,33H,3-5,10-20H2,1-2H3,(H,32,36)(H,38,39)/t24-/m1/s1. The number of rotatable bonds is 14. The molecule has 3 rings (SSSR count). The normalized spacial score (nSPS) is 17.5. The molecule has 232 valence electrons. The largest absolute Gasteiger partial charge is 0.484 e. The first kappa shape index (κ1) is 33.0. The van der Waals surface area contributed by atoms with Crippen molar-refractivity contribution in [3.05, 3.63) is 29.8 Å². The lowest BCUT2D eigenvalue weighted by atomic mass is 9.92. The quantitative estimate of drug-likeness (QED) is 0.188. The van der Waals surface area contributed by atoms with Crippen molar-refractivity contribution in [3.63, 3.8) is 0 Å². The Balaban J connectivity index is 1.61. The molecule has 2 heterocycles. The molecule has 4 N–H and O–H groups in total. The molecule has 0 aliphatic carbocycles. The SMILES string of the molecule is CC(C)CNC(=O)COc1ccc(C(=O)N(NCCC(=O)O)C(=O)[C@@H]2CCCN(C(=O)CCC3CCNCC3)C2)cc1. The zero-order chi connectivity index (χ0) is 30.5. The molecule has 1 aromatic rings. The minimum absolute atomic E-state index is 0.0243. The second kappa shape index (κ2) is 16.8. The van der Waals surface area contributed by atoms with E-state index in [0.29, 0.717) is 49.9 Å². The van der Waals surface area contributed by atoms with Crippen molar-refractivity contribution in [3.8, 4) is 5.75 Å². The monoisotopic (exact) mass is 587 g/mol. The van der Waals surface area contributed by atoms with Gasteiger partial charge in [0, 0.05) is 38.2 Å². The molecule has 4 amide bonds. The van der Waals surface area contributed by atoms with Gasteiger partial charge in [-0.05, 0) is 81.3 Å². The Bertz CT molecular complexity index is 1070. The number of hydrogen-bond acceptors (Lipinski definition) is 8. The lowest BCUT2D eigenvalue weighted by molar-refractivity contribution is -0.142. The Hall–Kier alpha value is -3.51. The molecule has 2 aliphatic heterocycles. The first-order chi connectivity index (χ1) is 20.1. The Morgan fingerprint density at radius 2 is 1.79 bits per heavy atom. The van der Waals surface area contributed by atoms with Crippen LogP contribution in [0.3, 0.4) is 0 Å². The summed E-state index contributed by atoms with van der Waals surface area (Å²) in [6, 6.07) is 6.04. The van der Waals surface area contributed by atoms with Crippen LogP contribution < -0.4 is 20.8 Å². The van der Waals surface area contributed by atoms with E-state index in [2.05, 4.69) is 16.1 Å². The first-order valence-corrected chi connectivity index (χ1v) is 15.0. The number of imide groups is 1. The van der Waals surface area contributed by atoms with E-state index in [9.17, 15) is 24.0 Å². The maximum absolute atomic E-state index is 13.6. The Morgan fingerprint density at radius 1 is 1.07 bits per heavy atom. The smallest absolute Gasteiger partial charge is 0.304 e. The number of carbonyl (C=O) groups excluding carboxylic acids is 4. The summed E-state index contributed by atoms with van der Waals surface area (Å²) in [6.45, 7) is 6.98. The van der Waals surface area contributed by atoms with E-state index in [0.717, 1.165) is 37.4 Å². The second-order valence-electron chi connectivity index (χ2n) is 11.5. The third-order valence-electron chi connectivity index (χ3n) is 7.56. The summed E-state index contributed by atoms with van der Waals surface area (Å²) in [5, 5.41) is 16.0. The highest BCUT2D eigenvalue weighted by molar-refractivity contribution is 6.05. The van der Waals surface area contributed by atoms with Crippen LogP contribution in [-0.2, 0) is 19.2 Å². The van der Waals surface area contributed by atoms with Gasteiger partial charge in [-0.3, -0.25) is 24.0 Å². The third kappa shape index (κ3) is 10.7. The van der Waals surface area contributed by atoms with E-state index in [4.69, 9.17) is 9.84 Å². The molecule has 12 nitrogen and oxygen atoms in total. The van der Waals surface area contributed by atoms with Crippen molar-refractivity contribution < 1.29 is 33.8 Å². The van der Waals surface area contributed by atoms with Crippen LogP contribution in [0.4, 0.5) is 0 Å². The molecular formula is C30H45N5O7. The van der Waals surface area contributed by atoms with Crippen LogP contribution in [0.15, 0.2) is 24.3 Å². The highest BCUT2D eigenvalue weighted by Crippen LogP contribution is 2.23. The Labute approximate surface area is 247 Å². The summed E-state index contributed by atoms with van der Waals surface area (Å²) in [6.07, 6.45) is 4.28. The van der Waals surface area contributed by atoms with Crippen molar-refractivity contribution in [2.75, 3.05) is 45.9 Å². The van der Waals surface area contributed by atoms with Crippen molar-refractivity contribution in [2.45, 2.75) is 58.8 Å². The Kier molecular flexibility index (Phi) is 13.2. The first-order valence-electron chi connectivity index (χ1n) is 15.0. The molecule has 0 unspecified atom stereocenters. The van der Waals surface area contributed by atoms with Crippen LogP contribution in [-0.4, -0.2) is 90.5 Å². The predicted molar refractivity (Wildman–Crippen MR) is 155 cm³/mol. The molecule has 42 heavy (non-hydrogen) atoms. The molecule has 2 saturated heterocycles. The average Bonchev–Trinajstić information content (AvgIpc) is 3.00. The van der Waals surface area contributed by atoms with Gasteiger partial charge in [-0.25, -0.2) is 10.4 Å². The van der Waals surface area contributed by atoms with Gasteiger partial charge in [-0.2, -0.15) is 0 Å². The van der Waals surface area contributed by atoms with Gasteiger partial charge >= 0.3 is 5.97 Å². The summed E-state index contributed by atoms with van der Waals surface area (Å²) in [4.78, 5) is 64.7. The van der Waals surface area contributed by atoms with Gasteiger partial charge in [0.2, 0.25) is 11.8 Å². The van der Waals surface area contributed by atoms with Gasteiger partial charge in [0.15, 0.2) is 6.61 Å². The highest BCUT2D eigenvalue weighted by atomic mass is 16.5. The van der Waals surface area contributed by atoms with E-state index >= 15 is 0 Å². The van der Waals surface area contributed by atoms with Gasteiger partial charge in [0.1, 0.15) is 5.75 Å². The van der Waals surface area contributed by atoms with E-state index in [1.165, 1.54) is 24.3 Å². The van der Waals surface area contributed by atoms with Crippen LogP contribution in [0.25, 0.3) is 0 Å². The van der Waals surface area contributed by atoms with E-state index < -0.39 is 23.7 Å². The number of piperidine rings is 2. The third-order valence-corrected chi connectivity index (χ3v) is 7.56. The highest BCUT2D eigenvalue weighted by Gasteiger charge is 2.34. The number of nitrogens with one attached hydrogen (secondary N) is 3. The number of carboxylic acid groups (broad SMARTS) is 1. The fourth-order valence-electron chi connectivity index (χ4n) is 5.11. The lowest BCUT2D eigenvalue weighted by Crippen LogP contribution is -2.53. The van der Waals surface area contributed by atoms with E-state index in [1.54, 1.807) is 4.90 Å². The molecular weight excluding hydrogens is 542 g/mol. The summed E-state index contributed by atoms with van der Waals surface area (Å²) < 4.78 is 5.50. The zero-order valence-corrected chi connectivity index (χ0v) is 24.7. The van der Waals surface area contributed by atoms with Gasteiger partial charge in [0.05, 0.1) is 12.3 Å². The fraction of sp³-hybridized carbons (Fsp3) is 0.633. The molecule has 2 aliphatic rings. The Morgan fingerprint density at radius 3 is 2.45 bits per heavy atom. The number of nitrogens with zero attached hydrogens (tertiary/aromatic N) is 2. The molecule has 0 bridgehead atoms. The lowest BCUT2D eigenvalue weighted by Gasteiger charge is -2.35. The van der Waals surface area contributed by atoms with Gasteiger partial charge in [0.25, 0.3) is 11.8 Å². The maximum Gasteiger partial charge on any atom is 0.304 e.